The smallest absolute Gasteiger partial charge is 0.332 e. The van der Waals surface area contributed by atoms with Crippen molar-refractivity contribution in [1.29, 1.82) is 0 Å². The highest BCUT2D eigenvalue weighted by Crippen LogP contribution is 2.15. The number of hydrogen-bond acceptors (Lipinski definition) is 4. The van der Waals surface area contributed by atoms with Crippen LogP contribution < -0.4 is 11.2 Å². The molecule has 110 valence electrons. The van der Waals surface area contributed by atoms with Gasteiger partial charge < -0.3 is 9.13 Å². The maximum atomic E-state index is 12.3. The first-order chi connectivity index (χ1) is 10.0. The van der Waals surface area contributed by atoms with Gasteiger partial charge in [-0.25, -0.2) is 9.78 Å². The molecule has 3 aromatic rings. The Kier molecular flexibility index (Phi) is 3.17. The molecule has 3 aromatic heterocycles. The number of halogens is 1. The van der Waals surface area contributed by atoms with Gasteiger partial charge in [-0.15, -0.1) is 0 Å². The van der Waals surface area contributed by atoms with Gasteiger partial charge in [0.2, 0.25) is 5.28 Å². The summed E-state index contributed by atoms with van der Waals surface area (Å²) in [5.74, 6) is 0. The quantitative estimate of drug-likeness (QED) is 0.637. The molecule has 0 aromatic carbocycles. The van der Waals surface area contributed by atoms with E-state index in [0.29, 0.717) is 24.3 Å². The molecule has 8 nitrogen and oxygen atoms in total. The van der Waals surface area contributed by atoms with Gasteiger partial charge in [0, 0.05) is 39.6 Å². The summed E-state index contributed by atoms with van der Waals surface area (Å²) in [5, 5.41) is 0.184. The van der Waals surface area contributed by atoms with E-state index in [1.807, 2.05) is 10.8 Å². The van der Waals surface area contributed by atoms with Crippen LogP contribution >= 0.6 is 11.6 Å². The number of hydrogen-bond donors (Lipinski definition) is 0. The summed E-state index contributed by atoms with van der Waals surface area (Å²) < 4.78 is 5.84. The van der Waals surface area contributed by atoms with Crippen molar-refractivity contribution < 1.29 is 0 Å². The molecule has 3 heterocycles. The first-order valence-corrected chi connectivity index (χ1v) is 6.66. The van der Waals surface area contributed by atoms with E-state index in [1.165, 1.54) is 11.6 Å². The van der Waals surface area contributed by atoms with Crippen LogP contribution in [0.3, 0.4) is 0 Å². The second-order valence-electron chi connectivity index (χ2n) is 4.71. The van der Waals surface area contributed by atoms with Gasteiger partial charge in [0.05, 0.1) is 6.33 Å². The molecule has 0 atom stereocenters. The molecular weight excluding hydrogens is 296 g/mol. The molecule has 0 bridgehead atoms. The van der Waals surface area contributed by atoms with E-state index in [-0.39, 0.29) is 5.28 Å². The van der Waals surface area contributed by atoms with Crippen LogP contribution in [-0.2, 0) is 27.2 Å². The van der Waals surface area contributed by atoms with Crippen molar-refractivity contribution in [3.05, 3.63) is 44.8 Å². The molecule has 0 aliphatic heterocycles. The second-order valence-corrected chi connectivity index (χ2v) is 5.05. The van der Waals surface area contributed by atoms with Gasteiger partial charge in [-0.3, -0.25) is 13.9 Å². The molecule has 9 heteroatoms. The van der Waals surface area contributed by atoms with Crippen LogP contribution in [0.4, 0.5) is 0 Å². The number of rotatable bonds is 3. The average Bonchev–Trinajstić information content (AvgIpc) is 3.08. The first-order valence-electron chi connectivity index (χ1n) is 6.28. The van der Waals surface area contributed by atoms with Crippen LogP contribution in [0.5, 0.6) is 0 Å². The van der Waals surface area contributed by atoms with E-state index < -0.39 is 11.2 Å². The summed E-state index contributed by atoms with van der Waals surface area (Å²) in [4.78, 5) is 32.3. The highest BCUT2D eigenvalue weighted by molar-refractivity contribution is 6.29. The Bertz CT molecular complexity index is 918. The summed E-state index contributed by atoms with van der Waals surface area (Å²) >= 11 is 6.12. The average molecular weight is 309 g/mol. The Hall–Kier alpha value is -2.35. The molecule has 0 unspecified atom stereocenters. The molecule has 0 saturated heterocycles. The fourth-order valence-corrected chi connectivity index (χ4v) is 2.51. The molecule has 0 saturated carbocycles. The Labute approximate surface area is 123 Å². The number of imidazole rings is 2. The van der Waals surface area contributed by atoms with Crippen molar-refractivity contribution in [2.75, 3.05) is 0 Å². The van der Waals surface area contributed by atoms with Crippen molar-refractivity contribution >= 4 is 22.8 Å². The van der Waals surface area contributed by atoms with Gasteiger partial charge in [-0.2, -0.15) is 4.98 Å². The minimum atomic E-state index is -0.427. The lowest BCUT2D eigenvalue weighted by Crippen LogP contribution is -2.37. The zero-order chi connectivity index (χ0) is 15.1. The summed E-state index contributed by atoms with van der Waals surface area (Å²) in [6.07, 6.45) is 5.18. The highest BCUT2D eigenvalue weighted by atomic mass is 35.5. The Morgan fingerprint density at radius 2 is 1.95 bits per heavy atom. The highest BCUT2D eigenvalue weighted by Gasteiger charge is 2.17. The SMILES string of the molecule is Cn1c(=O)c2c(nc(Cl)n2CCn2ccnc2)n(C)c1=O. The zero-order valence-corrected chi connectivity index (χ0v) is 12.3. The largest absolute Gasteiger partial charge is 0.336 e. The topological polar surface area (TPSA) is 79.6 Å². The minimum absolute atomic E-state index is 0.184. The molecule has 0 fully saturated rings. The van der Waals surface area contributed by atoms with Crippen LogP contribution in [-0.4, -0.2) is 28.2 Å². The van der Waals surface area contributed by atoms with Crippen LogP contribution in [0.25, 0.3) is 11.2 Å². The van der Waals surface area contributed by atoms with E-state index in [1.54, 1.807) is 24.1 Å². The normalized spacial score (nSPS) is 11.4. The second kappa shape index (κ2) is 4.88. The van der Waals surface area contributed by atoms with Crippen molar-refractivity contribution in [2.45, 2.75) is 13.1 Å². The number of aromatic nitrogens is 6. The summed E-state index contributed by atoms with van der Waals surface area (Å²) in [6.45, 7) is 1.05. The van der Waals surface area contributed by atoms with Crippen LogP contribution in [0.15, 0.2) is 28.3 Å². The summed E-state index contributed by atoms with van der Waals surface area (Å²) in [6, 6.07) is 0. The Morgan fingerprint density at radius 3 is 2.62 bits per heavy atom. The molecule has 0 spiro atoms. The Morgan fingerprint density at radius 1 is 1.19 bits per heavy atom. The first kappa shape index (κ1) is 13.6. The van der Waals surface area contributed by atoms with Gasteiger partial charge in [0.15, 0.2) is 11.2 Å². The van der Waals surface area contributed by atoms with Crippen LogP contribution in [0, 0.1) is 0 Å². The predicted molar refractivity (Wildman–Crippen MR) is 77.5 cm³/mol. The third kappa shape index (κ3) is 2.07. The number of fused-ring (bicyclic) bond motifs is 1. The van der Waals surface area contributed by atoms with E-state index in [0.717, 1.165) is 4.57 Å². The third-order valence-corrected chi connectivity index (χ3v) is 3.73. The van der Waals surface area contributed by atoms with E-state index in [9.17, 15) is 9.59 Å². The van der Waals surface area contributed by atoms with Crippen LogP contribution in [0.1, 0.15) is 0 Å². The lowest BCUT2D eigenvalue weighted by molar-refractivity contribution is 0.586. The molecule has 0 amide bonds. The monoisotopic (exact) mass is 308 g/mol. The predicted octanol–water partition coefficient (Wildman–Crippen LogP) is -0.0162. The van der Waals surface area contributed by atoms with E-state index in [4.69, 9.17) is 11.6 Å². The molecule has 0 aliphatic rings. The zero-order valence-electron chi connectivity index (χ0n) is 11.5. The van der Waals surface area contributed by atoms with Gasteiger partial charge in [-0.1, -0.05) is 0 Å². The van der Waals surface area contributed by atoms with Gasteiger partial charge >= 0.3 is 5.69 Å². The minimum Gasteiger partial charge on any atom is -0.336 e. The van der Waals surface area contributed by atoms with Crippen LogP contribution in [0.2, 0.25) is 5.28 Å². The fraction of sp³-hybridized carbons (Fsp3) is 0.333. The molecule has 3 rings (SSSR count). The van der Waals surface area contributed by atoms with Crippen molar-refractivity contribution in [1.82, 2.24) is 28.2 Å². The number of aryl methyl sites for hydroxylation is 3. The lowest BCUT2D eigenvalue weighted by Gasteiger charge is -2.07. The van der Waals surface area contributed by atoms with Gasteiger partial charge in [0.1, 0.15) is 0 Å². The van der Waals surface area contributed by atoms with Crippen molar-refractivity contribution in [3.8, 4) is 0 Å². The van der Waals surface area contributed by atoms with E-state index in [2.05, 4.69) is 9.97 Å². The summed E-state index contributed by atoms with van der Waals surface area (Å²) in [7, 11) is 3.00. The maximum absolute atomic E-state index is 12.3. The van der Waals surface area contributed by atoms with Gasteiger partial charge in [0.25, 0.3) is 5.56 Å². The molecular formula is C12H13ClN6O2. The van der Waals surface area contributed by atoms with Crippen molar-refractivity contribution in [2.24, 2.45) is 14.1 Å². The number of nitrogens with zero attached hydrogens (tertiary/aromatic N) is 6. The lowest BCUT2D eigenvalue weighted by atomic mass is 10.5. The maximum Gasteiger partial charge on any atom is 0.332 e. The molecule has 21 heavy (non-hydrogen) atoms. The van der Waals surface area contributed by atoms with Crippen molar-refractivity contribution in [3.63, 3.8) is 0 Å². The fourth-order valence-electron chi connectivity index (χ4n) is 2.26. The molecule has 0 aliphatic carbocycles. The Balaban J connectivity index is 2.17. The molecule has 0 N–H and O–H groups in total. The standard InChI is InChI=1S/C12H13ClN6O2/c1-16-9-8(10(20)17(2)12(16)21)19(11(13)15-9)6-5-18-4-3-14-7-18/h3-4,7H,5-6H2,1-2H3. The third-order valence-electron chi connectivity index (χ3n) is 3.44. The summed E-state index contributed by atoms with van der Waals surface area (Å²) in [5.41, 5.74) is -0.218. The van der Waals surface area contributed by atoms with E-state index >= 15 is 0 Å². The van der Waals surface area contributed by atoms with Gasteiger partial charge in [-0.05, 0) is 11.6 Å². The molecule has 0 radical (unpaired) electrons.